The highest BCUT2D eigenvalue weighted by molar-refractivity contribution is 5.91. The van der Waals surface area contributed by atoms with E-state index in [0.29, 0.717) is 17.5 Å². The maximum absolute atomic E-state index is 15.0. The van der Waals surface area contributed by atoms with Crippen molar-refractivity contribution in [1.29, 1.82) is 0 Å². The molecule has 2 saturated heterocycles. The fraction of sp³-hybridized carbons (Fsp3) is 0.533. The van der Waals surface area contributed by atoms with Gasteiger partial charge in [0.15, 0.2) is 0 Å². The molecule has 0 bridgehead atoms. The van der Waals surface area contributed by atoms with Crippen LogP contribution >= 0.6 is 0 Å². The summed E-state index contributed by atoms with van der Waals surface area (Å²) in [5.74, 6) is -1.71. The zero-order valence-corrected chi connectivity index (χ0v) is 23.1. The van der Waals surface area contributed by atoms with Gasteiger partial charge in [0.25, 0.3) is 0 Å². The van der Waals surface area contributed by atoms with Crippen molar-refractivity contribution in [3.63, 3.8) is 0 Å². The molecule has 4 rings (SSSR count). The van der Waals surface area contributed by atoms with Crippen molar-refractivity contribution >= 4 is 11.9 Å². The van der Waals surface area contributed by atoms with E-state index in [1.165, 1.54) is 12.1 Å². The molecule has 2 aliphatic rings. The largest absolute Gasteiger partial charge is 0.457 e. The topological polar surface area (TPSA) is 76.7 Å². The molecule has 2 aromatic rings. The van der Waals surface area contributed by atoms with Crippen molar-refractivity contribution in [2.24, 2.45) is 0 Å². The van der Waals surface area contributed by atoms with E-state index in [-0.39, 0.29) is 40.4 Å². The molecule has 0 spiro atoms. The average molecular weight is 511 g/mol. The van der Waals surface area contributed by atoms with E-state index in [1.54, 1.807) is 30.3 Å². The molecule has 0 aliphatic carbocycles. The van der Waals surface area contributed by atoms with Crippen LogP contribution in [0.5, 0.6) is 0 Å². The number of benzene rings is 2. The van der Waals surface area contributed by atoms with Gasteiger partial charge in [0.05, 0.1) is 22.2 Å². The summed E-state index contributed by atoms with van der Waals surface area (Å²) in [7, 11) is 0. The zero-order chi connectivity index (χ0) is 27.4. The third-order valence-corrected chi connectivity index (χ3v) is 7.46. The van der Waals surface area contributed by atoms with Gasteiger partial charge in [-0.25, -0.2) is 14.0 Å². The fourth-order valence-corrected chi connectivity index (χ4v) is 5.87. The smallest absolute Gasteiger partial charge is 0.341 e. The summed E-state index contributed by atoms with van der Waals surface area (Å²) in [5, 5.41) is 6.96. The molecule has 2 fully saturated rings. The number of hydrogen-bond donors (Lipinski definition) is 2. The first kappa shape index (κ1) is 27.3. The summed E-state index contributed by atoms with van der Waals surface area (Å²) in [4.78, 5) is 25.6. The van der Waals surface area contributed by atoms with Crippen molar-refractivity contribution in [1.82, 2.24) is 10.6 Å². The molecule has 0 saturated carbocycles. The van der Waals surface area contributed by atoms with Crippen molar-refractivity contribution in [2.75, 3.05) is 0 Å². The molecule has 2 unspecified atom stereocenters. The summed E-state index contributed by atoms with van der Waals surface area (Å²) in [6, 6.07) is 11.3. The van der Waals surface area contributed by atoms with Gasteiger partial charge in [0.1, 0.15) is 18.0 Å². The second-order valence-electron chi connectivity index (χ2n) is 12.9. The Hall–Kier alpha value is -2.77. The molecule has 0 radical (unpaired) electrons. The van der Waals surface area contributed by atoms with Gasteiger partial charge in [0, 0.05) is 23.9 Å². The number of nitrogens with one attached hydrogen (secondary N) is 2. The first-order valence-electron chi connectivity index (χ1n) is 12.9. The van der Waals surface area contributed by atoms with Gasteiger partial charge in [-0.15, -0.1) is 0 Å². The van der Waals surface area contributed by atoms with Gasteiger partial charge in [-0.2, -0.15) is 0 Å². The number of halogens is 1. The lowest BCUT2D eigenvalue weighted by Gasteiger charge is -2.28. The van der Waals surface area contributed by atoms with Crippen molar-refractivity contribution in [3.05, 3.63) is 59.4 Å². The lowest BCUT2D eigenvalue weighted by molar-refractivity contribution is 0.0162. The van der Waals surface area contributed by atoms with E-state index in [4.69, 9.17) is 9.47 Å². The second kappa shape index (κ2) is 9.21. The van der Waals surface area contributed by atoms with E-state index in [1.807, 2.05) is 27.7 Å². The van der Waals surface area contributed by atoms with Crippen molar-refractivity contribution in [3.8, 4) is 11.1 Å². The van der Waals surface area contributed by atoms with Crippen LogP contribution in [0.15, 0.2) is 42.5 Å². The maximum Gasteiger partial charge on any atom is 0.341 e. The third kappa shape index (κ3) is 5.88. The minimum Gasteiger partial charge on any atom is -0.457 e. The molecule has 2 aromatic carbocycles. The third-order valence-electron chi connectivity index (χ3n) is 7.46. The Bertz CT molecular complexity index is 1200. The van der Waals surface area contributed by atoms with Crippen LogP contribution in [-0.2, 0) is 9.47 Å². The molecule has 7 heteroatoms. The van der Waals surface area contributed by atoms with Gasteiger partial charge in [-0.05, 0) is 90.8 Å². The number of carbonyl (C=O) groups excluding carboxylic acids is 2. The second-order valence-corrected chi connectivity index (χ2v) is 12.9. The monoisotopic (exact) mass is 510 g/mol. The Morgan fingerprint density at radius 1 is 0.730 bits per heavy atom. The molecule has 2 N–H and O–H groups in total. The van der Waals surface area contributed by atoms with Crippen LogP contribution < -0.4 is 10.6 Å². The molecule has 6 nitrogen and oxygen atoms in total. The number of hydrogen-bond acceptors (Lipinski definition) is 6. The van der Waals surface area contributed by atoms with Crippen LogP contribution in [0.2, 0.25) is 0 Å². The van der Waals surface area contributed by atoms with E-state index < -0.39 is 17.3 Å². The standard InChI is InChI=1S/C30H39FN2O4/c1-27(2)16-23(29(5,6)32-27)36-25(34)19-11-9-18(10-12-19)20-13-14-21(22(31)15-20)26(35)37-24-17-28(3,4)33-30(24,7)8/h9-15,23-24,32-33H,16-17H2,1-8H3. The molecule has 200 valence electrons. The van der Waals surface area contributed by atoms with Crippen LogP contribution in [0.1, 0.15) is 88.9 Å². The fourth-order valence-electron chi connectivity index (χ4n) is 5.87. The highest BCUT2D eigenvalue weighted by Crippen LogP contribution is 2.35. The van der Waals surface area contributed by atoms with Gasteiger partial charge in [-0.1, -0.05) is 18.2 Å². The summed E-state index contributed by atoms with van der Waals surface area (Å²) >= 11 is 0. The Morgan fingerprint density at radius 2 is 1.19 bits per heavy atom. The summed E-state index contributed by atoms with van der Waals surface area (Å²) in [5.41, 5.74) is 0.653. The van der Waals surface area contributed by atoms with Crippen LogP contribution in [-0.4, -0.2) is 46.3 Å². The van der Waals surface area contributed by atoms with Gasteiger partial charge in [-0.3, -0.25) is 0 Å². The van der Waals surface area contributed by atoms with Gasteiger partial charge in [0.2, 0.25) is 0 Å². The summed E-state index contributed by atoms with van der Waals surface area (Å²) in [6.07, 6.45) is 0.766. The highest BCUT2D eigenvalue weighted by Gasteiger charge is 2.47. The molecular weight excluding hydrogens is 471 g/mol. The van der Waals surface area contributed by atoms with Gasteiger partial charge < -0.3 is 20.1 Å². The molecule has 2 aliphatic heterocycles. The first-order valence-corrected chi connectivity index (χ1v) is 12.9. The normalized spacial score (nSPS) is 25.0. The molecule has 2 atom stereocenters. The van der Waals surface area contributed by atoms with Gasteiger partial charge >= 0.3 is 11.9 Å². The number of rotatable bonds is 5. The number of carbonyl (C=O) groups is 2. The van der Waals surface area contributed by atoms with Crippen LogP contribution in [0.25, 0.3) is 11.1 Å². The minimum absolute atomic E-state index is 0.0971. The predicted octanol–water partition coefficient (Wildman–Crippen LogP) is 5.64. The van der Waals surface area contributed by atoms with Crippen molar-refractivity contribution in [2.45, 2.75) is 103 Å². The summed E-state index contributed by atoms with van der Waals surface area (Å²) < 4.78 is 26.5. The van der Waals surface area contributed by atoms with E-state index in [2.05, 4.69) is 38.3 Å². The Balaban J connectivity index is 1.43. The zero-order valence-electron chi connectivity index (χ0n) is 23.1. The molecular formula is C30H39FN2O4. The number of ether oxygens (including phenoxy) is 2. The van der Waals surface area contributed by atoms with E-state index >= 15 is 0 Å². The molecule has 37 heavy (non-hydrogen) atoms. The first-order chi connectivity index (χ1) is 17.0. The van der Waals surface area contributed by atoms with Crippen LogP contribution in [0.4, 0.5) is 4.39 Å². The SMILES string of the molecule is CC1(C)CC(OC(=O)c2ccc(-c3ccc(C(=O)OC4CC(C)(C)NC4(C)C)c(F)c3)cc2)C(C)(C)N1. The van der Waals surface area contributed by atoms with Crippen LogP contribution in [0.3, 0.4) is 0 Å². The lowest BCUT2D eigenvalue weighted by Crippen LogP contribution is -2.47. The predicted molar refractivity (Wildman–Crippen MR) is 142 cm³/mol. The minimum atomic E-state index is -0.674. The quantitative estimate of drug-likeness (QED) is 0.507. The van der Waals surface area contributed by atoms with E-state index in [0.717, 1.165) is 12.0 Å². The molecule has 0 aromatic heterocycles. The Labute approximate surface area is 219 Å². The lowest BCUT2D eigenvalue weighted by atomic mass is 9.97. The van der Waals surface area contributed by atoms with Crippen molar-refractivity contribution < 1.29 is 23.5 Å². The molecule has 0 amide bonds. The Kier molecular flexibility index (Phi) is 6.79. The van der Waals surface area contributed by atoms with E-state index in [9.17, 15) is 14.0 Å². The summed E-state index contributed by atoms with van der Waals surface area (Å²) in [6.45, 7) is 16.3. The highest BCUT2D eigenvalue weighted by atomic mass is 19.1. The maximum atomic E-state index is 15.0. The number of esters is 2. The Morgan fingerprint density at radius 3 is 1.62 bits per heavy atom. The van der Waals surface area contributed by atoms with Crippen LogP contribution in [0, 0.1) is 5.82 Å². The average Bonchev–Trinajstić information content (AvgIpc) is 3.11. The molecule has 2 heterocycles.